The van der Waals surface area contributed by atoms with E-state index in [-0.39, 0.29) is 5.75 Å². The molecule has 20 heavy (non-hydrogen) atoms. The minimum Gasteiger partial charge on any atom is -0.433 e. The number of alkyl halides is 2. The molecule has 1 heterocycles. The smallest absolute Gasteiger partial charge is 0.387 e. The third-order valence-corrected chi connectivity index (χ3v) is 3.02. The van der Waals surface area contributed by atoms with Crippen LogP contribution in [-0.2, 0) is 6.54 Å². The summed E-state index contributed by atoms with van der Waals surface area (Å²) in [6.07, 6.45) is 4.10. The van der Waals surface area contributed by atoms with Gasteiger partial charge in [0.15, 0.2) is 5.75 Å². The standard InChI is InChI=1S/C13H14F2N4O/c14-13(15)20-12-4-2-1-3-11(12)19-8-10(17-18-19)7-16-9-5-6-9/h1-4,8-9,13,16H,5-7H2. The van der Waals surface area contributed by atoms with Crippen molar-refractivity contribution in [3.63, 3.8) is 0 Å². The Bertz CT molecular complexity index is 583. The van der Waals surface area contributed by atoms with Crippen molar-refractivity contribution >= 4 is 0 Å². The molecule has 5 nitrogen and oxygen atoms in total. The van der Waals surface area contributed by atoms with Crippen molar-refractivity contribution in [3.05, 3.63) is 36.2 Å². The third-order valence-electron chi connectivity index (χ3n) is 3.02. The summed E-state index contributed by atoms with van der Waals surface area (Å²) in [6, 6.07) is 7.08. The van der Waals surface area contributed by atoms with Gasteiger partial charge in [0.25, 0.3) is 0 Å². The fourth-order valence-corrected chi connectivity index (χ4v) is 1.88. The Labute approximate surface area is 114 Å². The molecule has 1 aliphatic carbocycles. The average Bonchev–Trinajstić information content (AvgIpc) is 3.14. The van der Waals surface area contributed by atoms with Gasteiger partial charge in [-0.15, -0.1) is 5.10 Å². The Morgan fingerprint density at radius 3 is 2.90 bits per heavy atom. The molecule has 0 aliphatic heterocycles. The number of hydrogen-bond acceptors (Lipinski definition) is 4. The Morgan fingerprint density at radius 2 is 2.15 bits per heavy atom. The molecule has 1 aromatic carbocycles. The molecule has 1 saturated carbocycles. The van der Waals surface area contributed by atoms with E-state index in [1.165, 1.54) is 23.6 Å². The van der Waals surface area contributed by atoms with Crippen LogP contribution in [0.3, 0.4) is 0 Å². The first-order valence-electron chi connectivity index (χ1n) is 6.41. The first kappa shape index (κ1) is 13.0. The summed E-state index contributed by atoms with van der Waals surface area (Å²) in [7, 11) is 0. The first-order chi connectivity index (χ1) is 9.72. The SMILES string of the molecule is FC(F)Oc1ccccc1-n1cc(CNC2CC2)nn1. The van der Waals surface area contributed by atoms with Gasteiger partial charge in [-0.3, -0.25) is 0 Å². The molecule has 0 spiro atoms. The number of ether oxygens (including phenoxy) is 1. The maximum absolute atomic E-state index is 12.4. The zero-order valence-corrected chi connectivity index (χ0v) is 10.7. The van der Waals surface area contributed by atoms with E-state index in [1.807, 2.05) is 0 Å². The molecule has 0 bridgehead atoms. The van der Waals surface area contributed by atoms with E-state index in [0.29, 0.717) is 18.3 Å². The maximum atomic E-state index is 12.4. The lowest BCUT2D eigenvalue weighted by Gasteiger charge is -2.09. The van der Waals surface area contributed by atoms with Crippen LogP contribution in [0.25, 0.3) is 5.69 Å². The number of aromatic nitrogens is 3. The Hall–Kier alpha value is -2.02. The monoisotopic (exact) mass is 280 g/mol. The van der Waals surface area contributed by atoms with Crippen molar-refractivity contribution < 1.29 is 13.5 Å². The van der Waals surface area contributed by atoms with E-state index in [2.05, 4.69) is 20.4 Å². The molecule has 0 unspecified atom stereocenters. The number of rotatable bonds is 6. The van der Waals surface area contributed by atoms with Gasteiger partial charge in [-0.1, -0.05) is 17.3 Å². The average molecular weight is 280 g/mol. The van der Waals surface area contributed by atoms with Gasteiger partial charge in [0, 0.05) is 12.6 Å². The molecule has 2 aromatic rings. The van der Waals surface area contributed by atoms with E-state index in [9.17, 15) is 8.78 Å². The number of nitrogens with zero attached hydrogens (tertiary/aromatic N) is 3. The number of halogens is 2. The summed E-state index contributed by atoms with van der Waals surface area (Å²) in [5.74, 6) is 0.0779. The van der Waals surface area contributed by atoms with Crippen LogP contribution < -0.4 is 10.1 Å². The molecule has 0 amide bonds. The normalized spacial score (nSPS) is 14.8. The van der Waals surface area contributed by atoms with Gasteiger partial charge in [0.2, 0.25) is 0 Å². The molecule has 3 rings (SSSR count). The largest absolute Gasteiger partial charge is 0.433 e. The van der Waals surface area contributed by atoms with Gasteiger partial charge in [0.1, 0.15) is 5.69 Å². The Kier molecular flexibility index (Phi) is 3.60. The highest BCUT2D eigenvalue weighted by Gasteiger charge is 2.20. The number of benzene rings is 1. The van der Waals surface area contributed by atoms with Gasteiger partial charge >= 0.3 is 6.61 Å². The summed E-state index contributed by atoms with van der Waals surface area (Å²) in [4.78, 5) is 0. The zero-order valence-electron chi connectivity index (χ0n) is 10.7. The van der Waals surface area contributed by atoms with E-state index in [4.69, 9.17) is 0 Å². The molecule has 0 saturated heterocycles. The number of hydrogen-bond donors (Lipinski definition) is 1. The summed E-state index contributed by atoms with van der Waals surface area (Å²) < 4.78 is 30.6. The summed E-state index contributed by atoms with van der Waals surface area (Å²) in [5, 5.41) is 11.3. The van der Waals surface area contributed by atoms with E-state index >= 15 is 0 Å². The second kappa shape index (κ2) is 5.54. The molecule has 1 aromatic heterocycles. The maximum Gasteiger partial charge on any atom is 0.387 e. The first-order valence-corrected chi connectivity index (χ1v) is 6.41. The summed E-state index contributed by atoms with van der Waals surface area (Å²) >= 11 is 0. The molecule has 1 aliphatic rings. The highest BCUT2D eigenvalue weighted by atomic mass is 19.3. The summed E-state index contributed by atoms with van der Waals surface area (Å²) in [5.41, 5.74) is 1.21. The minimum atomic E-state index is -2.87. The van der Waals surface area contributed by atoms with Crippen LogP contribution in [0.4, 0.5) is 8.78 Å². The minimum absolute atomic E-state index is 0.0779. The molecule has 106 valence electrons. The predicted molar refractivity (Wildman–Crippen MR) is 67.9 cm³/mol. The van der Waals surface area contributed by atoms with E-state index in [0.717, 1.165) is 5.69 Å². The topological polar surface area (TPSA) is 52.0 Å². The fourth-order valence-electron chi connectivity index (χ4n) is 1.88. The zero-order chi connectivity index (χ0) is 13.9. The molecule has 1 N–H and O–H groups in total. The van der Waals surface area contributed by atoms with Crippen LogP contribution in [0.2, 0.25) is 0 Å². The van der Waals surface area contributed by atoms with Crippen molar-refractivity contribution in [2.75, 3.05) is 0 Å². The van der Waals surface area contributed by atoms with Crippen LogP contribution in [0.5, 0.6) is 5.75 Å². The Morgan fingerprint density at radius 1 is 1.35 bits per heavy atom. The second-order valence-electron chi connectivity index (χ2n) is 4.66. The molecule has 7 heteroatoms. The predicted octanol–water partition coefficient (Wildman–Crippen LogP) is 2.12. The highest BCUT2D eigenvalue weighted by molar-refractivity contribution is 5.45. The number of para-hydroxylation sites is 2. The van der Waals surface area contributed by atoms with E-state index in [1.54, 1.807) is 24.4 Å². The molecule has 1 fully saturated rings. The molecular weight excluding hydrogens is 266 g/mol. The van der Waals surface area contributed by atoms with Gasteiger partial charge in [-0.05, 0) is 25.0 Å². The van der Waals surface area contributed by atoms with Gasteiger partial charge in [-0.25, -0.2) is 4.68 Å². The summed E-state index contributed by atoms with van der Waals surface area (Å²) in [6.45, 7) is -2.24. The van der Waals surface area contributed by atoms with Crippen molar-refractivity contribution in [3.8, 4) is 11.4 Å². The van der Waals surface area contributed by atoms with Crippen molar-refractivity contribution in [1.82, 2.24) is 20.3 Å². The van der Waals surface area contributed by atoms with Gasteiger partial charge < -0.3 is 10.1 Å². The quantitative estimate of drug-likeness (QED) is 0.880. The lowest BCUT2D eigenvalue weighted by Crippen LogP contribution is -2.15. The molecular formula is C13H14F2N4O. The van der Waals surface area contributed by atoms with Crippen molar-refractivity contribution in [2.24, 2.45) is 0 Å². The van der Waals surface area contributed by atoms with Crippen molar-refractivity contribution in [2.45, 2.75) is 32.0 Å². The lowest BCUT2D eigenvalue weighted by molar-refractivity contribution is -0.0499. The molecule has 0 atom stereocenters. The van der Waals surface area contributed by atoms with Crippen LogP contribution >= 0.6 is 0 Å². The lowest BCUT2D eigenvalue weighted by atomic mass is 10.3. The number of nitrogens with one attached hydrogen (secondary N) is 1. The fraction of sp³-hybridized carbons (Fsp3) is 0.385. The van der Waals surface area contributed by atoms with Crippen LogP contribution in [-0.4, -0.2) is 27.6 Å². The third kappa shape index (κ3) is 3.11. The van der Waals surface area contributed by atoms with Crippen molar-refractivity contribution in [1.29, 1.82) is 0 Å². The Balaban J connectivity index is 1.77. The van der Waals surface area contributed by atoms with Crippen LogP contribution in [0, 0.1) is 0 Å². The second-order valence-corrected chi connectivity index (χ2v) is 4.66. The van der Waals surface area contributed by atoms with Crippen LogP contribution in [0.15, 0.2) is 30.5 Å². The van der Waals surface area contributed by atoms with E-state index < -0.39 is 6.61 Å². The highest BCUT2D eigenvalue weighted by Crippen LogP contribution is 2.24. The molecule has 0 radical (unpaired) electrons. The van der Waals surface area contributed by atoms with Crippen LogP contribution in [0.1, 0.15) is 18.5 Å². The van der Waals surface area contributed by atoms with Gasteiger partial charge in [-0.2, -0.15) is 8.78 Å². The van der Waals surface area contributed by atoms with Gasteiger partial charge in [0.05, 0.1) is 11.9 Å².